The number of alkyl halides is 6. The Bertz CT molecular complexity index is 433. The van der Waals surface area contributed by atoms with Gasteiger partial charge in [0, 0.05) is 5.69 Å². The van der Waals surface area contributed by atoms with Crippen molar-refractivity contribution >= 4 is 34.9 Å². The highest BCUT2D eigenvalue weighted by molar-refractivity contribution is 8.11. The number of nitrogens with one attached hydrogen (secondary N) is 1. The predicted octanol–water partition coefficient (Wildman–Crippen LogP) is 4.35. The van der Waals surface area contributed by atoms with Crippen LogP contribution in [0.2, 0.25) is 0 Å². The minimum absolute atomic E-state index is 0.0345. The number of thiocarbonyl (C=S) groups is 1. The minimum Gasteiger partial charge on any atom is -0.341 e. The molecule has 0 aromatic heterocycles. The molecule has 0 aliphatic carbocycles. The van der Waals surface area contributed by atoms with Gasteiger partial charge in [0.2, 0.25) is 0 Å². The van der Waals surface area contributed by atoms with E-state index in [1.54, 1.807) is 0 Å². The Kier molecular flexibility index (Phi) is 4.16. The van der Waals surface area contributed by atoms with E-state index in [1.165, 1.54) is 0 Å². The number of anilines is 1. The van der Waals surface area contributed by atoms with Crippen molar-refractivity contribution in [2.24, 2.45) is 0 Å². The Morgan fingerprint density at radius 2 is 1.33 bits per heavy atom. The molecule has 0 atom stereocenters. The summed E-state index contributed by atoms with van der Waals surface area (Å²) in [5.74, 6) is 0. The summed E-state index contributed by atoms with van der Waals surface area (Å²) in [5, 5.41) is 2.13. The zero-order chi connectivity index (χ0) is 14.1. The van der Waals surface area contributed by atoms with E-state index in [9.17, 15) is 26.3 Å². The summed E-state index contributed by atoms with van der Waals surface area (Å²) in [6, 6.07) is 1.09. The molecule has 0 spiro atoms. The van der Waals surface area contributed by atoms with Gasteiger partial charge in [-0.25, -0.2) is 0 Å². The van der Waals surface area contributed by atoms with Crippen LogP contribution in [0.25, 0.3) is 0 Å². The summed E-state index contributed by atoms with van der Waals surface area (Å²) >= 11 is 8.02. The third-order valence-electron chi connectivity index (χ3n) is 1.84. The summed E-state index contributed by atoms with van der Waals surface area (Å²) in [7, 11) is 0. The van der Waals surface area contributed by atoms with Gasteiger partial charge in [0.15, 0.2) is 0 Å². The van der Waals surface area contributed by atoms with Crippen LogP contribution in [0.4, 0.5) is 32.0 Å². The molecule has 0 aliphatic rings. The van der Waals surface area contributed by atoms with Crippen LogP contribution in [0.3, 0.4) is 0 Å². The molecule has 1 N–H and O–H groups in total. The Hall–Kier alpha value is -0.960. The lowest BCUT2D eigenvalue weighted by molar-refractivity contribution is -0.143. The van der Waals surface area contributed by atoms with Crippen LogP contribution in [-0.4, -0.2) is 4.32 Å². The van der Waals surface area contributed by atoms with Crippen LogP contribution in [0.15, 0.2) is 18.2 Å². The van der Waals surface area contributed by atoms with E-state index in [1.807, 2.05) is 0 Å². The predicted molar refractivity (Wildman–Crippen MR) is 61.7 cm³/mol. The number of hydrogen-bond donors (Lipinski definition) is 2. The second kappa shape index (κ2) is 4.96. The molecule has 1 nitrogen and oxygen atoms in total. The quantitative estimate of drug-likeness (QED) is 0.454. The van der Waals surface area contributed by atoms with Gasteiger partial charge in [-0.05, 0) is 18.2 Å². The van der Waals surface area contributed by atoms with Gasteiger partial charge in [-0.15, -0.1) is 12.6 Å². The standard InChI is InChI=1S/C9H5F6NS2/c10-8(11,12)4-1-5(9(13,14)15)3-6(2-4)16-7(17)18/h1-3H,(H2,16,17,18). The largest absolute Gasteiger partial charge is 0.416 e. The van der Waals surface area contributed by atoms with Gasteiger partial charge in [-0.1, -0.05) is 12.2 Å². The lowest BCUT2D eigenvalue weighted by Crippen LogP contribution is -2.12. The SMILES string of the molecule is FC(F)(F)c1cc(NC(=S)S)cc(C(F)(F)F)c1. The minimum atomic E-state index is -4.88. The van der Waals surface area contributed by atoms with Gasteiger partial charge < -0.3 is 5.32 Å². The Morgan fingerprint density at radius 3 is 1.61 bits per heavy atom. The molecule has 100 valence electrons. The highest BCUT2D eigenvalue weighted by atomic mass is 32.1. The number of benzene rings is 1. The topological polar surface area (TPSA) is 12.0 Å². The number of hydrogen-bond acceptors (Lipinski definition) is 1. The van der Waals surface area contributed by atoms with Crippen LogP contribution in [0, 0.1) is 0 Å². The molecular weight excluding hydrogens is 300 g/mol. The molecule has 0 radical (unpaired) electrons. The maximum atomic E-state index is 12.4. The van der Waals surface area contributed by atoms with E-state index in [4.69, 9.17) is 0 Å². The Labute approximate surface area is 109 Å². The van der Waals surface area contributed by atoms with Crippen molar-refractivity contribution < 1.29 is 26.3 Å². The fourth-order valence-corrected chi connectivity index (χ4v) is 1.40. The lowest BCUT2D eigenvalue weighted by atomic mass is 10.1. The number of rotatable bonds is 1. The molecule has 0 amide bonds. The van der Waals surface area contributed by atoms with Crippen molar-refractivity contribution in [3.05, 3.63) is 29.3 Å². The molecule has 1 aromatic carbocycles. The first-order valence-corrected chi connectivity index (χ1v) is 5.15. The van der Waals surface area contributed by atoms with Crippen molar-refractivity contribution in [2.45, 2.75) is 12.4 Å². The lowest BCUT2D eigenvalue weighted by Gasteiger charge is -2.14. The molecule has 1 aromatic rings. The van der Waals surface area contributed by atoms with Crippen LogP contribution in [0.5, 0.6) is 0 Å². The molecule has 0 heterocycles. The summed E-state index contributed by atoms with van der Waals surface area (Å²) in [6.07, 6.45) is -9.76. The first-order chi connectivity index (χ1) is 8.00. The van der Waals surface area contributed by atoms with Gasteiger partial charge in [0.1, 0.15) is 4.32 Å². The highest BCUT2D eigenvalue weighted by Crippen LogP contribution is 2.37. The molecule has 0 unspecified atom stereocenters. The molecule has 0 aliphatic heterocycles. The second-order valence-corrected chi connectivity index (χ2v) is 4.38. The van der Waals surface area contributed by atoms with E-state index in [-0.39, 0.29) is 10.4 Å². The van der Waals surface area contributed by atoms with Gasteiger partial charge in [0.05, 0.1) is 11.1 Å². The van der Waals surface area contributed by atoms with Gasteiger partial charge in [-0.3, -0.25) is 0 Å². The van der Waals surface area contributed by atoms with Crippen molar-refractivity contribution in [3.63, 3.8) is 0 Å². The van der Waals surface area contributed by atoms with Crippen molar-refractivity contribution in [2.75, 3.05) is 5.32 Å². The molecule has 1 rings (SSSR count). The molecule has 0 bridgehead atoms. The van der Waals surface area contributed by atoms with E-state index in [0.717, 1.165) is 0 Å². The number of halogens is 6. The molecule has 0 fully saturated rings. The molecule has 18 heavy (non-hydrogen) atoms. The highest BCUT2D eigenvalue weighted by Gasteiger charge is 2.36. The van der Waals surface area contributed by atoms with Crippen LogP contribution >= 0.6 is 24.8 Å². The zero-order valence-electron chi connectivity index (χ0n) is 8.36. The molecule has 0 saturated heterocycles. The van der Waals surface area contributed by atoms with E-state index in [0.29, 0.717) is 12.1 Å². The first-order valence-electron chi connectivity index (χ1n) is 4.29. The van der Waals surface area contributed by atoms with Crippen LogP contribution in [-0.2, 0) is 12.4 Å². The fourth-order valence-electron chi connectivity index (χ4n) is 1.15. The first kappa shape index (κ1) is 15.1. The summed E-state index contributed by atoms with van der Waals surface area (Å²) in [4.78, 5) is 0. The van der Waals surface area contributed by atoms with Crippen molar-refractivity contribution in [3.8, 4) is 0 Å². The molecule has 0 saturated carbocycles. The Balaban J connectivity index is 3.34. The second-order valence-electron chi connectivity index (χ2n) is 3.22. The van der Waals surface area contributed by atoms with Crippen molar-refractivity contribution in [1.29, 1.82) is 0 Å². The Morgan fingerprint density at radius 1 is 0.944 bits per heavy atom. The van der Waals surface area contributed by atoms with Gasteiger partial charge in [-0.2, -0.15) is 26.3 Å². The molecular formula is C9H5F6NS2. The van der Waals surface area contributed by atoms with Crippen molar-refractivity contribution in [1.82, 2.24) is 0 Å². The summed E-state index contributed by atoms with van der Waals surface area (Å²) in [6.45, 7) is 0. The molecule has 9 heteroatoms. The summed E-state index contributed by atoms with van der Waals surface area (Å²) < 4.78 is 74.3. The van der Waals surface area contributed by atoms with Crippen LogP contribution < -0.4 is 5.32 Å². The maximum Gasteiger partial charge on any atom is 0.416 e. The third kappa shape index (κ3) is 4.05. The fraction of sp³-hybridized carbons (Fsp3) is 0.222. The number of thiol groups is 1. The van der Waals surface area contributed by atoms with E-state index in [2.05, 4.69) is 30.2 Å². The average Bonchev–Trinajstić information content (AvgIpc) is 2.13. The van der Waals surface area contributed by atoms with Gasteiger partial charge >= 0.3 is 12.4 Å². The van der Waals surface area contributed by atoms with Crippen LogP contribution in [0.1, 0.15) is 11.1 Å². The summed E-state index contributed by atoms with van der Waals surface area (Å²) in [5.41, 5.74) is -3.24. The van der Waals surface area contributed by atoms with E-state index < -0.39 is 29.2 Å². The monoisotopic (exact) mass is 305 g/mol. The van der Waals surface area contributed by atoms with Gasteiger partial charge in [0.25, 0.3) is 0 Å². The maximum absolute atomic E-state index is 12.4. The van der Waals surface area contributed by atoms with E-state index >= 15 is 0 Å². The normalized spacial score (nSPS) is 12.4. The third-order valence-corrected chi connectivity index (χ3v) is 2.05. The average molecular weight is 305 g/mol. The zero-order valence-corrected chi connectivity index (χ0v) is 10.1. The smallest absolute Gasteiger partial charge is 0.341 e.